The van der Waals surface area contributed by atoms with E-state index < -0.39 is 21.3 Å². The van der Waals surface area contributed by atoms with Gasteiger partial charge in [-0.3, -0.25) is 0 Å². The molecule has 0 fully saturated rings. The maximum atomic E-state index is 14.4. The molecule has 0 amide bonds. The van der Waals surface area contributed by atoms with Crippen LogP contribution in [-0.2, 0) is 21.9 Å². The minimum Gasteiger partial charge on any atom is -0.395 e. The number of aromatic nitrogens is 3. The molecular formula is C21H28ClFN5O3S+. The molecule has 0 aliphatic rings. The summed E-state index contributed by atoms with van der Waals surface area (Å²) in [7, 11) is -3.65. The van der Waals surface area contributed by atoms with Crippen molar-refractivity contribution in [3.63, 3.8) is 0 Å². The summed E-state index contributed by atoms with van der Waals surface area (Å²) >= 11 is 6.04. The third kappa shape index (κ3) is 7.97. The molecule has 11 heteroatoms. The zero-order valence-corrected chi connectivity index (χ0v) is 20.3. The van der Waals surface area contributed by atoms with Gasteiger partial charge in [0.1, 0.15) is 11.9 Å². The minimum absolute atomic E-state index is 0.0641. The summed E-state index contributed by atoms with van der Waals surface area (Å²) in [6.07, 6.45) is 1.79. The summed E-state index contributed by atoms with van der Waals surface area (Å²) in [6, 6.07) is 7.11. The molecule has 32 heavy (non-hydrogen) atoms. The highest BCUT2D eigenvalue weighted by Gasteiger charge is 2.30. The Labute approximate surface area is 193 Å². The summed E-state index contributed by atoms with van der Waals surface area (Å²) < 4.78 is 40.0. The molecule has 2 N–H and O–H groups in total. The van der Waals surface area contributed by atoms with Gasteiger partial charge in [-0.15, -0.1) is 0 Å². The first kappa shape index (κ1) is 25.9. The first-order valence-electron chi connectivity index (χ1n) is 10.0. The number of hydrogen-bond donors (Lipinski definition) is 2. The van der Waals surface area contributed by atoms with Crippen LogP contribution in [0.4, 0.5) is 16.3 Å². The van der Waals surface area contributed by atoms with Crippen molar-refractivity contribution in [1.82, 2.24) is 15.0 Å². The van der Waals surface area contributed by atoms with Crippen LogP contribution in [0.25, 0.3) is 4.85 Å². The smallest absolute Gasteiger partial charge is 0.395 e. The standard InChI is InChI=1S/C21H28ClFN5O3S/c1-13(2)8-14(12-29)11-24-19-25-18(26-20(27-19)28-32(5,30)31)10-21(3,4)16-9-15(22)6-7-17(16)23/h6-7,9,13-14,29H,8,10,12H2,1-5H3,(H,25,26,27,28)/q+1. The Kier molecular flexibility index (Phi) is 8.51. The zero-order chi connectivity index (χ0) is 24.1. The van der Waals surface area contributed by atoms with E-state index in [0.717, 1.165) is 6.26 Å². The number of sulfonamides is 1. The van der Waals surface area contributed by atoms with Gasteiger partial charge in [-0.1, -0.05) is 39.3 Å². The van der Waals surface area contributed by atoms with Crippen LogP contribution >= 0.6 is 11.6 Å². The molecule has 8 nitrogen and oxygen atoms in total. The topological polar surface area (TPSA) is 109 Å². The Hall–Kier alpha value is -2.35. The second-order valence-corrected chi connectivity index (χ2v) is 10.9. The van der Waals surface area contributed by atoms with Crippen LogP contribution in [0.15, 0.2) is 18.2 Å². The van der Waals surface area contributed by atoms with E-state index in [9.17, 15) is 17.9 Å². The van der Waals surface area contributed by atoms with Crippen molar-refractivity contribution in [1.29, 1.82) is 0 Å². The van der Waals surface area contributed by atoms with Crippen molar-refractivity contribution in [2.45, 2.75) is 46.0 Å². The van der Waals surface area contributed by atoms with Gasteiger partial charge in [-0.25, -0.2) is 17.5 Å². The lowest BCUT2D eigenvalue weighted by atomic mass is 9.81. The number of nitrogens with one attached hydrogen (secondary N) is 1. The van der Waals surface area contributed by atoms with E-state index in [2.05, 4.69) is 30.6 Å². The minimum atomic E-state index is -3.65. The molecule has 0 aliphatic carbocycles. The number of nitrogens with zero attached hydrogens (tertiary/aromatic N) is 4. The third-order valence-electron chi connectivity index (χ3n) is 4.53. The van der Waals surface area contributed by atoms with Gasteiger partial charge in [0.15, 0.2) is 0 Å². The van der Waals surface area contributed by atoms with Crippen LogP contribution in [-0.4, -0.2) is 41.3 Å². The highest BCUT2D eigenvalue weighted by molar-refractivity contribution is 7.91. The van der Waals surface area contributed by atoms with E-state index in [1.54, 1.807) is 19.9 Å². The summed E-state index contributed by atoms with van der Waals surface area (Å²) in [5.41, 5.74) is -0.397. The van der Waals surface area contributed by atoms with Crippen molar-refractivity contribution in [2.24, 2.45) is 11.8 Å². The van der Waals surface area contributed by atoms with Gasteiger partial charge >= 0.3 is 11.9 Å². The molecule has 0 saturated heterocycles. The second kappa shape index (κ2) is 10.5. The number of hydrogen-bond acceptors (Lipinski definition) is 6. The monoisotopic (exact) mass is 484 g/mol. The number of halogens is 2. The molecule has 0 radical (unpaired) electrons. The van der Waals surface area contributed by atoms with Gasteiger partial charge < -0.3 is 5.11 Å². The molecule has 2 aromatic rings. The highest BCUT2D eigenvalue weighted by atomic mass is 35.5. The fourth-order valence-corrected chi connectivity index (χ4v) is 3.74. The normalized spacial score (nSPS) is 12.9. The number of anilines is 1. The molecule has 1 unspecified atom stereocenters. The van der Waals surface area contributed by atoms with Gasteiger partial charge in [-0.2, -0.15) is 9.83 Å². The lowest BCUT2D eigenvalue weighted by Gasteiger charge is -2.24. The van der Waals surface area contributed by atoms with E-state index in [0.29, 0.717) is 22.9 Å². The molecule has 0 spiro atoms. The fourth-order valence-electron chi connectivity index (χ4n) is 3.14. The SMILES string of the molecule is CC(C)CC(C#[N+]c1nc(CC(C)(C)c2cc(Cl)ccc2F)nc(NS(C)(=O)=O)n1)CO. The van der Waals surface area contributed by atoms with Crippen LogP contribution in [0, 0.1) is 23.7 Å². The molecule has 1 heterocycles. The molecule has 0 bridgehead atoms. The molecule has 0 saturated carbocycles. The van der Waals surface area contributed by atoms with Gasteiger partial charge in [-0.05, 0) is 46.1 Å². The van der Waals surface area contributed by atoms with E-state index in [4.69, 9.17) is 11.6 Å². The lowest BCUT2D eigenvalue weighted by molar-refractivity contribution is 0.240. The Morgan fingerprint density at radius 1 is 1.28 bits per heavy atom. The maximum Gasteiger partial charge on any atom is 0.535 e. The van der Waals surface area contributed by atoms with Gasteiger partial charge in [0.2, 0.25) is 15.8 Å². The van der Waals surface area contributed by atoms with Crippen LogP contribution in [0.3, 0.4) is 0 Å². The number of benzene rings is 1. The molecule has 1 atom stereocenters. The molecule has 1 aromatic heterocycles. The molecule has 0 aliphatic heterocycles. The molecule has 174 valence electrons. The average Bonchev–Trinajstić information content (AvgIpc) is 2.64. The highest BCUT2D eigenvalue weighted by Crippen LogP contribution is 2.31. The van der Waals surface area contributed by atoms with Crippen molar-refractivity contribution < 1.29 is 17.9 Å². The Bertz CT molecular complexity index is 1130. The van der Waals surface area contributed by atoms with Crippen LogP contribution < -0.4 is 4.72 Å². The number of rotatable bonds is 8. The first-order chi connectivity index (χ1) is 14.8. The zero-order valence-electron chi connectivity index (χ0n) is 18.7. The van der Waals surface area contributed by atoms with Crippen molar-refractivity contribution >= 4 is 33.5 Å². The lowest BCUT2D eigenvalue weighted by Crippen LogP contribution is -2.24. The third-order valence-corrected chi connectivity index (χ3v) is 5.32. The largest absolute Gasteiger partial charge is 0.535 e. The van der Waals surface area contributed by atoms with Crippen LogP contribution in [0.2, 0.25) is 5.02 Å². The van der Waals surface area contributed by atoms with Crippen molar-refractivity contribution in [2.75, 3.05) is 17.6 Å². The summed E-state index contributed by atoms with van der Waals surface area (Å²) in [4.78, 5) is 16.6. The Morgan fingerprint density at radius 2 is 1.97 bits per heavy atom. The summed E-state index contributed by atoms with van der Waals surface area (Å²) in [5, 5.41) is 9.92. The number of aliphatic hydroxyl groups is 1. The Balaban J connectivity index is 2.46. The maximum absolute atomic E-state index is 14.4. The first-order valence-corrected chi connectivity index (χ1v) is 12.3. The molecular weight excluding hydrogens is 457 g/mol. The van der Waals surface area contributed by atoms with Gasteiger partial charge in [0, 0.05) is 16.9 Å². The predicted molar refractivity (Wildman–Crippen MR) is 123 cm³/mol. The number of aliphatic hydroxyl groups excluding tert-OH is 1. The summed E-state index contributed by atoms with van der Waals surface area (Å²) in [6.45, 7) is 7.48. The van der Waals surface area contributed by atoms with E-state index >= 15 is 0 Å². The fraction of sp³-hybridized carbons (Fsp3) is 0.524. The molecule has 1 aromatic carbocycles. The van der Waals surface area contributed by atoms with E-state index in [1.165, 1.54) is 12.1 Å². The molecule has 2 rings (SSSR count). The quantitative estimate of drug-likeness (QED) is 0.581. The van der Waals surface area contributed by atoms with Crippen LogP contribution in [0.1, 0.15) is 45.5 Å². The summed E-state index contributed by atoms with van der Waals surface area (Å²) in [5.74, 6) is -0.483. The van der Waals surface area contributed by atoms with Crippen molar-refractivity contribution in [3.05, 3.63) is 45.3 Å². The van der Waals surface area contributed by atoms with Crippen molar-refractivity contribution in [3.8, 4) is 6.07 Å². The van der Waals surface area contributed by atoms with Gasteiger partial charge in [0.25, 0.3) is 0 Å². The van der Waals surface area contributed by atoms with E-state index in [1.807, 2.05) is 13.8 Å². The van der Waals surface area contributed by atoms with E-state index in [-0.39, 0.29) is 36.7 Å². The predicted octanol–water partition coefficient (Wildman–Crippen LogP) is 4.17. The average molecular weight is 485 g/mol. The second-order valence-electron chi connectivity index (χ2n) is 8.68. The Morgan fingerprint density at radius 3 is 2.56 bits per heavy atom. The van der Waals surface area contributed by atoms with Gasteiger partial charge in [0.05, 0.1) is 18.8 Å². The van der Waals surface area contributed by atoms with Crippen LogP contribution in [0.5, 0.6) is 0 Å².